The number of rotatable bonds is 5. The van der Waals surface area contributed by atoms with Crippen LogP contribution in [0.25, 0.3) is 22.3 Å². The third-order valence-corrected chi connectivity index (χ3v) is 6.16. The summed E-state index contributed by atoms with van der Waals surface area (Å²) >= 11 is 0. The summed E-state index contributed by atoms with van der Waals surface area (Å²) in [7, 11) is 2.88. The second kappa shape index (κ2) is 10.9. The van der Waals surface area contributed by atoms with Crippen LogP contribution in [0.5, 0.6) is 6.01 Å². The minimum absolute atomic E-state index is 0.114. The first kappa shape index (κ1) is 27.6. The summed E-state index contributed by atoms with van der Waals surface area (Å²) in [6.45, 7) is 0.911. The minimum atomic E-state index is -3.93. The third-order valence-electron chi connectivity index (χ3n) is 6.16. The Morgan fingerprint density at radius 3 is 2.31 bits per heavy atom. The molecular weight excluding hydrogens is 487 g/mol. The van der Waals surface area contributed by atoms with Gasteiger partial charge >= 0.3 is 12.2 Å². The van der Waals surface area contributed by atoms with E-state index in [0.717, 1.165) is 26.2 Å². The number of pyridine rings is 1. The van der Waals surface area contributed by atoms with Crippen LogP contribution in [-0.2, 0) is 19.5 Å². The molecule has 0 aromatic carbocycles. The number of halogens is 5. The third kappa shape index (κ3) is 6.21. The highest BCUT2D eigenvalue weighted by Gasteiger charge is 2.39. The number of methoxy groups -OCH3 is 1. The standard InChI is InChI=1S/C17H18F2N4O3.C7H11F3/c1-17(18,19)13-8-11(20-16(21-13)26-3)10-9-23(6-7-24)12-4-5-14(25)22(2)15(10)12;8-7(9,10)6-4-2-1-3-5-6/h4-5,8-9,24H,6-7H2,1-3H3;6H,1-5H2. The molecule has 0 atom stereocenters. The van der Waals surface area contributed by atoms with Gasteiger partial charge in [-0.15, -0.1) is 0 Å². The smallest absolute Gasteiger partial charge is 0.391 e. The highest BCUT2D eigenvalue weighted by atomic mass is 19.4. The Kier molecular flexibility index (Phi) is 8.37. The van der Waals surface area contributed by atoms with Crippen LogP contribution in [0.2, 0.25) is 0 Å². The molecule has 1 N–H and O–H groups in total. The number of aliphatic hydroxyl groups is 1. The van der Waals surface area contributed by atoms with Crippen molar-refractivity contribution in [2.45, 2.75) is 57.7 Å². The van der Waals surface area contributed by atoms with E-state index in [9.17, 15) is 31.9 Å². The molecule has 0 amide bonds. The van der Waals surface area contributed by atoms with Crippen molar-refractivity contribution in [2.24, 2.45) is 13.0 Å². The van der Waals surface area contributed by atoms with Gasteiger partial charge in [-0.3, -0.25) is 4.79 Å². The van der Waals surface area contributed by atoms with Crippen LogP contribution in [0.15, 0.2) is 29.2 Å². The van der Waals surface area contributed by atoms with Gasteiger partial charge in [0.2, 0.25) is 0 Å². The molecule has 0 bridgehead atoms. The van der Waals surface area contributed by atoms with Crippen molar-refractivity contribution in [2.75, 3.05) is 13.7 Å². The Morgan fingerprint density at radius 2 is 1.78 bits per heavy atom. The number of hydrogen-bond donors (Lipinski definition) is 1. The van der Waals surface area contributed by atoms with Gasteiger partial charge in [0.1, 0.15) is 5.69 Å². The van der Waals surface area contributed by atoms with E-state index in [1.807, 2.05) is 0 Å². The van der Waals surface area contributed by atoms with Gasteiger partial charge in [-0.1, -0.05) is 19.3 Å². The Hall–Kier alpha value is -3.02. The maximum Gasteiger partial charge on any atom is 0.391 e. The summed E-state index contributed by atoms with van der Waals surface area (Å²) in [5.74, 6) is -4.18. The lowest BCUT2D eigenvalue weighted by Crippen LogP contribution is -2.24. The number of fused-ring (bicyclic) bond motifs is 1. The molecular formula is C24H29F5N4O3. The SMILES string of the molecule is COc1nc(-c2cn(CCO)c3ccc(=O)n(C)c23)cc(C(C)(F)F)n1.FC(F)(F)C1CCCCC1. The Labute approximate surface area is 204 Å². The fourth-order valence-corrected chi connectivity index (χ4v) is 4.25. The number of aliphatic hydroxyl groups excluding tert-OH is 1. The highest BCUT2D eigenvalue weighted by molar-refractivity contribution is 5.92. The van der Waals surface area contributed by atoms with Crippen LogP contribution in [0, 0.1) is 5.92 Å². The zero-order chi connectivity index (χ0) is 26.7. The molecule has 3 aromatic heterocycles. The lowest BCUT2D eigenvalue weighted by atomic mass is 9.89. The fourth-order valence-electron chi connectivity index (χ4n) is 4.25. The summed E-state index contributed by atoms with van der Waals surface area (Å²) in [4.78, 5) is 19.9. The van der Waals surface area contributed by atoms with E-state index in [0.29, 0.717) is 29.4 Å². The second-order valence-corrected chi connectivity index (χ2v) is 8.81. The van der Waals surface area contributed by atoms with Crippen LogP contribution in [-0.4, -0.2) is 44.1 Å². The van der Waals surface area contributed by atoms with Gasteiger partial charge in [-0.2, -0.15) is 31.9 Å². The molecule has 0 aliphatic heterocycles. The average Bonchev–Trinajstić information content (AvgIpc) is 3.20. The molecule has 1 saturated carbocycles. The topological polar surface area (TPSA) is 82.2 Å². The van der Waals surface area contributed by atoms with Gasteiger partial charge in [-0.25, -0.2) is 0 Å². The van der Waals surface area contributed by atoms with Crippen LogP contribution >= 0.6 is 0 Å². The van der Waals surface area contributed by atoms with Crippen molar-refractivity contribution in [1.82, 2.24) is 19.1 Å². The fraction of sp³-hybridized carbons (Fsp3) is 0.542. The molecule has 36 heavy (non-hydrogen) atoms. The summed E-state index contributed by atoms with van der Waals surface area (Å²) in [6, 6.07) is 4.03. The van der Waals surface area contributed by atoms with Crippen LogP contribution in [0.4, 0.5) is 22.0 Å². The van der Waals surface area contributed by atoms with E-state index in [2.05, 4.69) is 9.97 Å². The zero-order valence-corrected chi connectivity index (χ0v) is 20.3. The molecule has 12 heteroatoms. The molecule has 3 heterocycles. The predicted molar refractivity (Wildman–Crippen MR) is 124 cm³/mol. The zero-order valence-electron chi connectivity index (χ0n) is 20.3. The molecule has 3 aromatic rings. The Balaban J connectivity index is 0.000000303. The van der Waals surface area contributed by atoms with E-state index < -0.39 is 23.7 Å². The minimum Gasteiger partial charge on any atom is -0.467 e. The summed E-state index contributed by atoms with van der Waals surface area (Å²) < 4.78 is 71.6. The van der Waals surface area contributed by atoms with Crippen LogP contribution in [0.1, 0.15) is 44.7 Å². The van der Waals surface area contributed by atoms with E-state index in [1.165, 1.54) is 23.8 Å². The van der Waals surface area contributed by atoms with E-state index in [4.69, 9.17) is 4.74 Å². The van der Waals surface area contributed by atoms with E-state index in [1.54, 1.807) is 23.9 Å². The van der Waals surface area contributed by atoms with Gasteiger partial charge < -0.3 is 19.0 Å². The second-order valence-electron chi connectivity index (χ2n) is 8.81. The van der Waals surface area contributed by atoms with Crippen molar-refractivity contribution in [1.29, 1.82) is 0 Å². The normalized spacial score (nSPS) is 15.0. The lowest BCUT2D eigenvalue weighted by molar-refractivity contribution is -0.181. The molecule has 0 saturated heterocycles. The molecule has 1 aliphatic carbocycles. The molecule has 198 valence electrons. The summed E-state index contributed by atoms with van der Waals surface area (Å²) in [5, 5.41) is 9.28. The first-order chi connectivity index (χ1) is 16.9. The molecule has 0 spiro atoms. The molecule has 0 radical (unpaired) electrons. The monoisotopic (exact) mass is 516 g/mol. The molecule has 1 fully saturated rings. The van der Waals surface area contributed by atoms with Crippen molar-refractivity contribution in [3.05, 3.63) is 40.4 Å². The van der Waals surface area contributed by atoms with Gasteiger partial charge in [0.25, 0.3) is 11.5 Å². The quantitative estimate of drug-likeness (QED) is 0.481. The van der Waals surface area contributed by atoms with Gasteiger partial charge in [-0.05, 0) is 25.0 Å². The van der Waals surface area contributed by atoms with E-state index >= 15 is 0 Å². The van der Waals surface area contributed by atoms with Gasteiger partial charge in [0.05, 0.1) is 36.4 Å². The number of hydrogen-bond acceptors (Lipinski definition) is 5. The number of nitrogens with zero attached hydrogens (tertiary/aromatic N) is 4. The molecule has 1 aliphatic rings. The maximum absolute atomic E-state index is 13.8. The van der Waals surface area contributed by atoms with Crippen molar-refractivity contribution < 1.29 is 31.8 Å². The summed E-state index contributed by atoms with van der Waals surface area (Å²) in [5.41, 5.74) is 1.15. The first-order valence-corrected chi connectivity index (χ1v) is 11.5. The van der Waals surface area contributed by atoms with Gasteiger partial charge in [0.15, 0.2) is 0 Å². The average molecular weight is 517 g/mol. The van der Waals surface area contributed by atoms with Gasteiger partial charge in [0, 0.05) is 38.3 Å². The van der Waals surface area contributed by atoms with Crippen molar-refractivity contribution >= 4 is 11.0 Å². The Morgan fingerprint density at radius 1 is 1.11 bits per heavy atom. The van der Waals surface area contributed by atoms with E-state index in [-0.39, 0.29) is 30.4 Å². The molecule has 0 unspecified atom stereocenters. The van der Waals surface area contributed by atoms with Crippen molar-refractivity contribution in [3.63, 3.8) is 0 Å². The summed E-state index contributed by atoms with van der Waals surface area (Å²) in [6.07, 6.45) is 0.925. The number of alkyl halides is 5. The Bertz CT molecular complexity index is 1240. The number of aryl methyl sites for hydroxylation is 1. The van der Waals surface area contributed by atoms with Crippen molar-refractivity contribution in [3.8, 4) is 17.3 Å². The van der Waals surface area contributed by atoms with Crippen LogP contribution < -0.4 is 10.3 Å². The number of aromatic nitrogens is 4. The highest BCUT2D eigenvalue weighted by Crippen LogP contribution is 2.37. The predicted octanol–water partition coefficient (Wildman–Crippen LogP) is 5.04. The molecule has 4 rings (SSSR count). The number of ether oxygens (including phenoxy) is 1. The first-order valence-electron chi connectivity index (χ1n) is 11.5. The maximum atomic E-state index is 13.8. The lowest BCUT2D eigenvalue weighted by Gasteiger charge is -2.23. The van der Waals surface area contributed by atoms with Crippen LogP contribution in [0.3, 0.4) is 0 Å². The largest absolute Gasteiger partial charge is 0.467 e. The molecule has 7 nitrogen and oxygen atoms in total.